The minimum absolute atomic E-state index is 0.202. The van der Waals surface area contributed by atoms with E-state index in [2.05, 4.69) is 19.2 Å². The third-order valence-corrected chi connectivity index (χ3v) is 3.36. The number of rotatable bonds is 7. The van der Waals surface area contributed by atoms with E-state index in [0.29, 0.717) is 5.88 Å². The zero-order chi connectivity index (χ0) is 13.6. The topological polar surface area (TPSA) is 21.3 Å². The van der Waals surface area contributed by atoms with Crippen molar-refractivity contribution in [2.24, 2.45) is 5.41 Å². The highest BCUT2D eigenvalue weighted by atomic mass is 35.5. The maximum absolute atomic E-state index is 5.99. The number of nitrogens with one attached hydrogen (secondary N) is 1. The monoisotopic (exact) mass is 289 g/mol. The van der Waals surface area contributed by atoms with E-state index in [1.807, 2.05) is 18.2 Å². The van der Waals surface area contributed by atoms with Crippen LogP contribution in [0, 0.1) is 5.41 Å². The van der Waals surface area contributed by atoms with Crippen LogP contribution in [0.25, 0.3) is 0 Å². The summed E-state index contributed by atoms with van der Waals surface area (Å²) >= 11 is 11.8. The second-order valence-corrected chi connectivity index (χ2v) is 5.98. The Morgan fingerprint density at radius 1 is 1.33 bits per heavy atom. The third kappa shape index (κ3) is 5.05. The first-order chi connectivity index (χ1) is 8.48. The molecule has 0 fully saturated rings. The van der Waals surface area contributed by atoms with E-state index in [0.717, 1.165) is 35.8 Å². The maximum Gasteiger partial charge on any atom is 0.123 e. The molecular weight excluding hydrogens is 269 g/mol. The Hall–Kier alpha value is -0.440. The standard InChI is InChI=1S/C14H21Cl2NO/c1-14(2,6-7-15)10-17-9-11-8-12(16)4-5-13(11)18-3/h4-5,8,17H,6-7,9-10H2,1-3H3. The number of alkyl halides is 1. The lowest BCUT2D eigenvalue weighted by atomic mass is 9.90. The van der Waals surface area contributed by atoms with Crippen molar-refractivity contribution < 1.29 is 4.74 Å². The minimum atomic E-state index is 0.202. The van der Waals surface area contributed by atoms with Gasteiger partial charge in [-0.2, -0.15) is 0 Å². The molecule has 0 aromatic heterocycles. The van der Waals surface area contributed by atoms with Gasteiger partial charge in [-0.1, -0.05) is 25.4 Å². The van der Waals surface area contributed by atoms with E-state index >= 15 is 0 Å². The van der Waals surface area contributed by atoms with E-state index in [9.17, 15) is 0 Å². The molecule has 0 aliphatic heterocycles. The van der Waals surface area contributed by atoms with Crippen molar-refractivity contribution >= 4 is 23.2 Å². The molecule has 0 unspecified atom stereocenters. The average Bonchev–Trinajstić information content (AvgIpc) is 2.29. The Kier molecular flexibility index (Phi) is 6.27. The molecule has 0 saturated carbocycles. The Morgan fingerprint density at radius 3 is 2.67 bits per heavy atom. The number of ether oxygens (including phenoxy) is 1. The van der Waals surface area contributed by atoms with Crippen LogP contribution in [0.3, 0.4) is 0 Å². The van der Waals surface area contributed by atoms with Crippen molar-refractivity contribution in [3.05, 3.63) is 28.8 Å². The molecule has 1 aromatic carbocycles. The lowest BCUT2D eigenvalue weighted by Gasteiger charge is -2.24. The zero-order valence-electron chi connectivity index (χ0n) is 11.2. The minimum Gasteiger partial charge on any atom is -0.496 e. The van der Waals surface area contributed by atoms with Crippen LogP contribution in [0.15, 0.2) is 18.2 Å². The van der Waals surface area contributed by atoms with Crippen molar-refractivity contribution in [2.45, 2.75) is 26.8 Å². The summed E-state index contributed by atoms with van der Waals surface area (Å²) in [5.74, 6) is 1.55. The molecule has 0 aliphatic carbocycles. The molecule has 2 nitrogen and oxygen atoms in total. The van der Waals surface area contributed by atoms with Gasteiger partial charge in [-0.3, -0.25) is 0 Å². The van der Waals surface area contributed by atoms with Crippen LogP contribution in [-0.2, 0) is 6.54 Å². The van der Waals surface area contributed by atoms with Gasteiger partial charge < -0.3 is 10.1 Å². The summed E-state index contributed by atoms with van der Waals surface area (Å²) in [4.78, 5) is 0. The van der Waals surface area contributed by atoms with Crippen molar-refractivity contribution in [3.8, 4) is 5.75 Å². The highest BCUT2D eigenvalue weighted by Gasteiger charge is 2.16. The van der Waals surface area contributed by atoms with Gasteiger partial charge >= 0.3 is 0 Å². The predicted octanol–water partition coefficient (Wildman–Crippen LogP) is 4.09. The summed E-state index contributed by atoms with van der Waals surface area (Å²) in [7, 11) is 1.67. The summed E-state index contributed by atoms with van der Waals surface area (Å²) < 4.78 is 5.31. The van der Waals surface area contributed by atoms with Crippen LogP contribution < -0.4 is 10.1 Å². The molecule has 0 spiro atoms. The quantitative estimate of drug-likeness (QED) is 0.764. The molecule has 0 bridgehead atoms. The predicted molar refractivity (Wildman–Crippen MR) is 78.8 cm³/mol. The summed E-state index contributed by atoms with van der Waals surface area (Å²) in [6, 6.07) is 5.66. The Balaban J connectivity index is 2.55. The van der Waals surface area contributed by atoms with Crippen LogP contribution in [0.5, 0.6) is 5.75 Å². The van der Waals surface area contributed by atoms with Gasteiger partial charge in [0.05, 0.1) is 7.11 Å². The van der Waals surface area contributed by atoms with E-state index in [-0.39, 0.29) is 5.41 Å². The van der Waals surface area contributed by atoms with Gasteiger partial charge in [0, 0.05) is 29.6 Å². The Morgan fingerprint density at radius 2 is 2.06 bits per heavy atom. The summed E-state index contributed by atoms with van der Waals surface area (Å²) in [6.07, 6.45) is 0.994. The number of hydrogen-bond donors (Lipinski definition) is 1. The zero-order valence-corrected chi connectivity index (χ0v) is 12.7. The van der Waals surface area contributed by atoms with Gasteiger partial charge in [0.25, 0.3) is 0 Å². The third-order valence-electron chi connectivity index (χ3n) is 2.93. The number of hydrogen-bond acceptors (Lipinski definition) is 2. The first-order valence-corrected chi connectivity index (χ1v) is 6.99. The Labute approximate surface area is 120 Å². The molecule has 4 heteroatoms. The molecule has 0 amide bonds. The van der Waals surface area contributed by atoms with Gasteiger partial charge in [-0.25, -0.2) is 0 Å². The van der Waals surface area contributed by atoms with E-state index < -0.39 is 0 Å². The van der Waals surface area contributed by atoms with Gasteiger partial charge in [0.2, 0.25) is 0 Å². The fourth-order valence-corrected chi connectivity index (χ4v) is 2.47. The molecular formula is C14H21Cl2NO. The molecule has 0 heterocycles. The molecule has 1 aromatic rings. The number of halogens is 2. The summed E-state index contributed by atoms with van der Waals surface area (Å²) in [5, 5.41) is 4.16. The van der Waals surface area contributed by atoms with Crippen molar-refractivity contribution in [1.29, 1.82) is 0 Å². The maximum atomic E-state index is 5.99. The highest BCUT2D eigenvalue weighted by molar-refractivity contribution is 6.30. The molecule has 102 valence electrons. The van der Waals surface area contributed by atoms with Crippen molar-refractivity contribution in [3.63, 3.8) is 0 Å². The highest BCUT2D eigenvalue weighted by Crippen LogP contribution is 2.23. The van der Waals surface area contributed by atoms with E-state index in [1.54, 1.807) is 7.11 Å². The van der Waals surface area contributed by atoms with Crippen LogP contribution in [0.4, 0.5) is 0 Å². The molecule has 1 rings (SSSR count). The van der Waals surface area contributed by atoms with Crippen LogP contribution >= 0.6 is 23.2 Å². The molecule has 0 aliphatic rings. The largest absolute Gasteiger partial charge is 0.496 e. The molecule has 0 atom stereocenters. The smallest absolute Gasteiger partial charge is 0.123 e. The first kappa shape index (κ1) is 15.6. The molecule has 0 saturated heterocycles. The number of methoxy groups -OCH3 is 1. The van der Waals surface area contributed by atoms with Crippen molar-refractivity contribution in [1.82, 2.24) is 5.32 Å². The first-order valence-electron chi connectivity index (χ1n) is 6.07. The van der Waals surface area contributed by atoms with E-state index in [4.69, 9.17) is 27.9 Å². The second-order valence-electron chi connectivity index (χ2n) is 5.16. The SMILES string of the molecule is COc1ccc(Cl)cc1CNCC(C)(C)CCCl. The van der Waals surface area contributed by atoms with Gasteiger partial charge in [0.15, 0.2) is 0 Å². The normalized spacial score (nSPS) is 11.6. The molecule has 1 N–H and O–H groups in total. The van der Waals surface area contributed by atoms with Crippen LogP contribution in [0.2, 0.25) is 5.02 Å². The fourth-order valence-electron chi connectivity index (χ4n) is 1.77. The molecule has 18 heavy (non-hydrogen) atoms. The summed E-state index contributed by atoms with van der Waals surface area (Å²) in [6.45, 7) is 6.07. The lowest BCUT2D eigenvalue weighted by Crippen LogP contribution is -2.29. The fraction of sp³-hybridized carbons (Fsp3) is 0.571. The van der Waals surface area contributed by atoms with Gasteiger partial charge in [-0.05, 0) is 30.0 Å². The van der Waals surface area contributed by atoms with Crippen LogP contribution in [-0.4, -0.2) is 19.5 Å². The number of benzene rings is 1. The average molecular weight is 290 g/mol. The second kappa shape index (κ2) is 7.22. The Bertz CT molecular complexity index is 380. The van der Waals surface area contributed by atoms with Gasteiger partial charge in [0.1, 0.15) is 5.75 Å². The van der Waals surface area contributed by atoms with E-state index in [1.165, 1.54) is 0 Å². The van der Waals surface area contributed by atoms with Crippen molar-refractivity contribution in [2.75, 3.05) is 19.5 Å². The summed E-state index contributed by atoms with van der Waals surface area (Å²) in [5.41, 5.74) is 1.28. The van der Waals surface area contributed by atoms with Crippen LogP contribution in [0.1, 0.15) is 25.8 Å². The molecule has 0 radical (unpaired) electrons. The lowest BCUT2D eigenvalue weighted by molar-refractivity contribution is 0.327. The van der Waals surface area contributed by atoms with Gasteiger partial charge in [-0.15, -0.1) is 11.6 Å².